The molecule has 0 saturated heterocycles. The molecule has 11 nitrogen and oxygen atoms in total. The Bertz CT molecular complexity index is 1390. The third-order valence-corrected chi connectivity index (χ3v) is 8.03. The number of nitrogens with one attached hydrogen (secondary N) is 1. The SMILES string of the molecule is CC(=O)NC(=O)C1=C(O)[C@@]2(C)C(=O)C3=C(O)c4c(OC(C)=O)ccc(N(C)C)c4C[C@H]3C[C@H]2[C@H](N(C)C)C1=O. The van der Waals surface area contributed by atoms with Gasteiger partial charge in [-0.2, -0.15) is 0 Å². The van der Waals surface area contributed by atoms with Crippen LogP contribution in [0.2, 0.25) is 0 Å². The molecule has 3 N–H and O–H groups in total. The standard InChI is InChI=1S/C28H33N3O8/c1-12(32)29-27(38)21-24(35)22(31(6)7)16-11-14-10-15-17(30(4)5)8-9-18(39-13(2)33)20(15)23(34)19(14)25(36)28(16,3)26(21)37/h8-9,14,16,22,34,37H,10-11H2,1-7H3,(H,29,32,38)/t14-,16-,22-,28+/m0/s1. The van der Waals surface area contributed by atoms with Crippen LogP contribution in [-0.4, -0.2) is 78.7 Å². The summed E-state index contributed by atoms with van der Waals surface area (Å²) in [6, 6.07) is 2.37. The minimum absolute atomic E-state index is 0.0373. The van der Waals surface area contributed by atoms with Crippen molar-refractivity contribution < 1.29 is 38.9 Å². The van der Waals surface area contributed by atoms with E-state index in [0.717, 1.165) is 12.6 Å². The number of anilines is 1. The van der Waals surface area contributed by atoms with Crippen LogP contribution in [0.4, 0.5) is 5.69 Å². The highest BCUT2D eigenvalue weighted by Gasteiger charge is 2.62. The molecule has 11 heteroatoms. The van der Waals surface area contributed by atoms with E-state index < -0.39 is 64.0 Å². The quantitative estimate of drug-likeness (QED) is 0.293. The van der Waals surface area contributed by atoms with Crippen LogP contribution in [0.1, 0.15) is 38.3 Å². The molecular weight excluding hydrogens is 506 g/mol. The molecule has 0 heterocycles. The van der Waals surface area contributed by atoms with Crippen molar-refractivity contribution in [1.29, 1.82) is 0 Å². The van der Waals surface area contributed by atoms with E-state index in [4.69, 9.17) is 4.74 Å². The summed E-state index contributed by atoms with van der Waals surface area (Å²) in [7, 11) is 6.95. The number of imide groups is 1. The predicted octanol–water partition coefficient (Wildman–Crippen LogP) is 1.70. The van der Waals surface area contributed by atoms with Crippen molar-refractivity contribution in [2.45, 2.75) is 39.7 Å². The van der Waals surface area contributed by atoms with Crippen molar-refractivity contribution in [3.05, 3.63) is 40.2 Å². The Kier molecular flexibility index (Phi) is 6.93. The van der Waals surface area contributed by atoms with Crippen LogP contribution < -0.4 is 15.0 Å². The fourth-order valence-corrected chi connectivity index (χ4v) is 6.37. The number of benzene rings is 1. The molecule has 0 spiro atoms. The fourth-order valence-electron chi connectivity index (χ4n) is 6.37. The number of nitrogens with zero attached hydrogens (tertiary/aromatic N) is 2. The van der Waals surface area contributed by atoms with Gasteiger partial charge in [0.2, 0.25) is 5.91 Å². The van der Waals surface area contributed by atoms with Crippen LogP contribution in [0.25, 0.3) is 5.76 Å². The number of carbonyl (C=O) groups is 5. The summed E-state index contributed by atoms with van der Waals surface area (Å²) < 4.78 is 5.38. The first kappa shape index (κ1) is 28.0. The third-order valence-electron chi connectivity index (χ3n) is 8.03. The summed E-state index contributed by atoms with van der Waals surface area (Å²) in [5.41, 5.74) is -0.693. The predicted molar refractivity (Wildman–Crippen MR) is 141 cm³/mol. The zero-order valence-corrected chi connectivity index (χ0v) is 23.0. The molecule has 1 saturated carbocycles. The molecule has 0 radical (unpaired) electrons. The lowest BCUT2D eigenvalue weighted by molar-refractivity contribution is -0.140. The molecule has 1 fully saturated rings. The van der Waals surface area contributed by atoms with Gasteiger partial charge < -0.3 is 19.8 Å². The van der Waals surface area contributed by atoms with Crippen molar-refractivity contribution in [3.8, 4) is 5.75 Å². The van der Waals surface area contributed by atoms with Crippen molar-refractivity contribution in [3.63, 3.8) is 0 Å². The van der Waals surface area contributed by atoms with Gasteiger partial charge in [0.1, 0.15) is 22.8 Å². The number of hydrogen-bond donors (Lipinski definition) is 3. The molecule has 3 aliphatic carbocycles. The van der Waals surface area contributed by atoms with E-state index in [1.807, 2.05) is 24.3 Å². The maximum absolute atomic E-state index is 14.3. The van der Waals surface area contributed by atoms with Crippen LogP contribution in [0.3, 0.4) is 0 Å². The molecule has 208 valence electrons. The zero-order chi connectivity index (χ0) is 29.1. The molecule has 3 aliphatic rings. The monoisotopic (exact) mass is 539 g/mol. The lowest BCUT2D eigenvalue weighted by Gasteiger charge is -2.51. The van der Waals surface area contributed by atoms with Crippen LogP contribution in [0.15, 0.2) is 29.0 Å². The van der Waals surface area contributed by atoms with Gasteiger partial charge in [-0.3, -0.25) is 34.2 Å². The Morgan fingerprint density at radius 2 is 1.72 bits per heavy atom. The summed E-state index contributed by atoms with van der Waals surface area (Å²) in [6.07, 6.45) is 0.554. The number of allylic oxidation sites excluding steroid dienone is 2. The van der Waals surface area contributed by atoms with Gasteiger partial charge in [-0.1, -0.05) is 0 Å². The number of hydrogen-bond acceptors (Lipinski definition) is 10. The Morgan fingerprint density at radius 3 is 2.26 bits per heavy atom. The minimum atomic E-state index is -1.75. The third kappa shape index (κ3) is 4.21. The first-order chi connectivity index (χ1) is 18.1. The largest absolute Gasteiger partial charge is 0.510 e. The van der Waals surface area contributed by atoms with Crippen LogP contribution in [-0.2, 0) is 30.4 Å². The second-order valence-corrected chi connectivity index (χ2v) is 11.0. The van der Waals surface area contributed by atoms with Gasteiger partial charge in [0.05, 0.1) is 17.0 Å². The molecule has 0 aliphatic heterocycles. The Balaban J connectivity index is 1.98. The Labute approximate surface area is 226 Å². The fraction of sp³-hybridized carbons (Fsp3) is 0.464. The molecule has 4 rings (SSSR count). The Morgan fingerprint density at radius 1 is 1.08 bits per heavy atom. The van der Waals surface area contributed by atoms with Crippen LogP contribution >= 0.6 is 0 Å². The van der Waals surface area contributed by atoms with E-state index in [1.165, 1.54) is 13.8 Å². The maximum atomic E-state index is 14.3. The summed E-state index contributed by atoms with van der Waals surface area (Å²) >= 11 is 0. The highest BCUT2D eigenvalue weighted by molar-refractivity contribution is 6.26. The molecule has 1 aromatic rings. The van der Waals surface area contributed by atoms with Crippen molar-refractivity contribution in [2.75, 3.05) is 33.1 Å². The van der Waals surface area contributed by atoms with Gasteiger partial charge in [-0.05, 0) is 57.5 Å². The molecule has 0 unspecified atom stereocenters. The number of ether oxygens (including phenoxy) is 1. The number of esters is 1. The second-order valence-electron chi connectivity index (χ2n) is 11.0. The van der Waals surface area contributed by atoms with E-state index in [9.17, 15) is 34.2 Å². The number of ketones is 2. The van der Waals surface area contributed by atoms with E-state index in [2.05, 4.69) is 0 Å². The molecule has 4 atom stereocenters. The number of likely N-dealkylation sites (N-methyl/N-ethyl adjacent to an activating group) is 1. The number of aliphatic hydroxyl groups excluding tert-OH is 2. The van der Waals surface area contributed by atoms with Crippen molar-refractivity contribution in [1.82, 2.24) is 10.2 Å². The lowest BCUT2D eigenvalue weighted by Crippen LogP contribution is -2.61. The number of fused-ring (bicyclic) bond motifs is 3. The van der Waals surface area contributed by atoms with E-state index in [0.29, 0.717) is 12.0 Å². The molecule has 0 aromatic heterocycles. The molecule has 0 bridgehead atoms. The first-order valence-corrected chi connectivity index (χ1v) is 12.6. The van der Waals surface area contributed by atoms with Gasteiger partial charge in [0.25, 0.3) is 5.91 Å². The molecule has 39 heavy (non-hydrogen) atoms. The van der Waals surface area contributed by atoms with E-state index in [-0.39, 0.29) is 29.1 Å². The summed E-state index contributed by atoms with van der Waals surface area (Å²) in [6.45, 7) is 3.78. The van der Waals surface area contributed by atoms with Crippen LogP contribution in [0, 0.1) is 17.3 Å². The topological polar surface area (TPSA) is 154 Å². The van der Waals surface area contributed by atoms with Gasteiger partial charge >= 0.3 is 5.97 Å². The van der Waals surface area contributed by atoms with Gasteiger partial charge in [0.15, 0.2) is 11.6 Å². The minimum Gasteiger partial charge on any atom is -0.510 e. The summed E-state index contributed by atoms with van der Waals surface area (Å²) in [5.74, 6) is -5.99. The number of rotatable bonds is 4. The molecule has 2 amide bonds. The lowest BCUT2D eigenvalue weighted by atomic mass is 9.53. The smallest absolute Gasteiger partial charge is 0.308 e. The Hall–Kier alpha value is -3.99. The normalized spacial score (nSPS) is 26.1. The summed E-state index contributed by atoms with van der Waals surface area (Å²) in [5, 5.41) is 25.0. The number of amides is 2. The van der Waals surface area contributed by atoms with Crippen LogP contribution in [0.5, 0.6) is 5.75 Å². The van der Waals surface area contributed by atoms with Crippen molar-refractivity contribution >= 4 is 40.8 Å². The second kappa shape index (κ2) is 9.64. The molecular formula is C28H33N3O8. The number of aliphatic hydroxyl groups is 2. The van der Waals surface area contributed by atoms with Gasteiger partial charge in [-0.15, -0.1) is 0 Å². The first-order valence-electron chi connectivity index (χ1n) is 12.6. The average molecular weight is 540 g/mol. The maximum Gasteiger partial charge on any atom is 0.308 e. The number of carbonyl (C=O) groups excluding carboxylic acids is 5. The van der Waals surface area contributed by atoms with E-state index >= 15 is 0 Å². The summed E-state index contributed by atoms with van der Waals surface area (Å²) in [4.78, 5) is 67.6. The van der Waals surface area contributed by atoms with Crippen molar-refractivity contribution in [2.24, 2.45) is 17.3 Å². The molecule has 1 aromatic carbocycles. The highest BCUT2D eigenvalue weighted by atomic mass is 16.5. The van der Waals surface area contributed by atoms with Gasteiger partial charge in [0, 0.05) is 45.1 Å². The van der Waals surface area contributed by atoms with E-state index in [1.54, 1.807) is 31.1 Å². The number of Topliss-reactive ketones (excluding diaryl/α,β-unsaturated/α-hetero) is 2. The highest BCUT2D eigenvalue weighted by Crippen LogP contribution is 2.57. The van der Waals surface area contributed by atoms with Gasteiger partial charge in [-0.25, -0.2) is 0 Å². The zero-order valence-electron chi connectivity index (χ0n) is 23.0. The average Bonchev–Trinajstić information content (AvgIpc) is 2.80.